The molecule has 1 atom stereocenters. The highest BCUT2D eigenvalue weighted by atomic mass is 19.1. The summed E-state index contributed by atoms with van der Waals surface area (Å²) in [6, 6.07) is 4.78. The monoisotopic (exact) mass is 246 g/mol. The number of hydrogen-bond acceptors (Lipinski definition) is 3. The van der Waals surface area contributed by atoms with Gasteiger partial charge in [-0.2, -0.15) is 0 Å². The minimum atomic E-state index is -0.589. The van der Waals surface area contributed by atoms with Crippen molar-refractivity contribution in [2.24, 2.45) is 0 Å². The minimum absolute atomic E-state index is 0.240. The number of aromatic nitrogens is 2. The maximum absolute atomic E-state index is 13.2. The summed E-state index contributed by atoms with van der Waals surface area (Å²) in [5.74, 6) is 0.302. The molecular formula is C14H15FN2O. The molecule has 0 bridgehead atoms. The molecule has 1 aromatic heterocycles. The summed E-state index contributed by atoms with van der Waals surface area (Å²) in [6.45, 7) is 5.20. The molecule has 0 saturated carbocycles. The number of aryl methyl sites for hydroxylation is 2. The standard InChI is InChI=1S/C14H15FN2O/c1-8-6-11(4-5-13(8)15)14-16-7-12(10(3)18)9(2)17-14/h4-7,10,18H,1-3H3. The second kappa shape index (κ2) is 4.82. The lowest BCUT2D eigenvalue weighted by Crippen LogP contribution is -2.01. The summed E-state index contributed by atoms with van der Waals surface area (Å²) in [5, 5.41) is 9.52. The first-order valence-electron chi connectivity index (χ1n) is 5.77. The second-order valence-corrected chi connectivity index (χ2v) is 4.37. The highest BCUT2D eigenvalue weighted by molar-refractivity contribution is 5.56. The van der Waals surface area contributed by atoms with Gasteiger partial charge in [0.1, 0.15) is 5.82 Å². The van der Waals surface area contributed by atoms with Crippen LogP contribution in [0.4, 0.5) is 4.39 Å². The van der Waals surface area contributed by atoms with Crippen LogP contribution in [0.5, 0.6) is 0 Å². The topological polar surface area (TPSA) is 46.0 Å². The van der Waals surface area contributed by atoms with Crippen LogP contribution in [-0.4, -0.2) is 15.1 Å². The largest absolute Gasteiger partial charge is 0.389 e. The fourth-order valence-corrected chi connectivity index (χ4v) is 1.81. The third kappa shape index (κ3) is 2.38. The lowest BCUT2D eigenvalue weighted by atomic mass is 10.1. The maximum atomic E-state index is 13.2. The fraction of sp³-hybridized carbons (Fsp3) is 0.286. The Hall–Kier alpha value is -1.81. The molecule has 1 unspecified atom stereocenters. The van der Waals surface area contributed by atoms with Crippen LogP contribution >= 0.6 is 0 Å². The van der Waals surface area contributed by atoms with Crippen LogP contribution in [-0.2, 0) is 0 Å². The van der Waals surface area contributed by atoms with E-state index >= 15 is 0 Å². The number of halogens is 1. The van der Waals surface area contributed by atoms with E-state index < -0.39 is 6.10 Å². The molecule has 1 heterocycles. The SMILES string of the molecule is Cc1cc(-c2ncc(C(C)O)c(C)n2)ccc1F. The molecule has 0 saturated heterocycles. The van der Waals surface area contributed by atoms with Crippen LogP contribution in [0.2, 0.25) is 0 Å². The molecule has 0 aliphatic rings. The first-order chi connectivity index (χ1) is 8.49. The van der Waals surface area contributed by atoms with Gasteiger partial charge >= 0.3 is 0 Å². The fourth-order valence-electron chi connectivity index (χ4n) is 1.81. The highest BCUT2D eigenvalue weighted by Crippen LogP contribution is 2.21. The van der Waals surface area contributed by atoms with E-state index in [1.54, 1.807) is 32.2 Å². The van der Waals surface area contributed by atoms with Gasteiger partial charge in [0.05, 0.1) is 6.10 Å². The number of benzene rings is 1. The summed E-state index contributed by atoms with van der Waals surface area (Å²) >= 11 is 0. The lowest BCUT2D eigenvalue weighted by molar-refractivity contribution is 0.197. The molecule has 3 nitrogen and oxygen atoms in total. The van der Waals surface area contributed by atoms with E-state index in [4.69, 9.17) is 0 Å². The molecule has 2 aromatic rings. The summed E-state index contributed by atoms with van der Waals surface area (Å²) < 4.78 is 13.2. The molecule has 0 radical (unpaired) electrons. The van der Waals surface area contributed by atoms with Gasteiger partial charge in [-0.25, -0.2) is 14.4 Å². The van der Waals surface area contributed by atoms with Crippen LogP contribution < -0.4 is 0 Å². The molecule has 0 aliphatic heterocycles. The first-order valence-corrected chi connectivity index (χ1v) is 5.77. The zero-order chi connectivity index (χ0) is 13.3. The van der Waals surface area contributed by atoms with Crippen molar-refractivity contribution >= 4 is 0 Å². The average Bonchev–Trinajstić information content (AvgIpc) is 2.32. The molecule has 18 heavy (non-hydrogen) atoms. The van der Waals surface area contributed by atoms with Crippen LogP contribution in [0, 0.1) is 19.7 Å². The van der Waals surface area contributed by atoms with E-state index in [2.05, 4.69) is 9.97 Å². The van der Waals surface area contributed by atoms with E-state index in [0.29, 0.717) is 17.0 Å². The number of aliphatic hydroxyl groups excluding tert-OH is 1. The predicted molar refractivity (Wildman–Crippen MR) is 67.5 cm³/mol. The zero-order valence-corrected chi connectivity index (χ0v) is 10.6. The Labute approximate surface area is 105 Å². The Morgan fingerprint density at radius 2 is 2.00 bits per heavy atom. The average molecular weight is 246 g/mol. The highest BCUT2D eigenvalue weighted by Gasteiger charge is 2.10. The minimum Gasteiger partial charge on any atom is -0.389 e. The van der Waals surface area contributed by atoms with Gasteiger partial charge in [-0.15, -0.1) is 0 Å². The van der Waals surface area contributed by atoms with E-state index in [9.17, 15) is 9.50 Å². The molecule has 1 N–H and O–H groups in total. The zero-order valence-electron chi connectivity index (χ0n) is 10.6. The summed E-state index contributed by atoms with van der Waals surface area (Å²) in [6.07, 6.45) is 1.02. The predicted octanol–water partition coefficient (Wildman–Crippen LogP) is 2.95. The summed E-state index contributed by atoms with van der Waals surface area (Å²) in [5.41, 5.74) is 2.78. The molecule has 1 aromatic carbocycles. The van der Waals surface area contributed by atoms with Gasteiger partial charge in [-0.1, -0.05) is 0 Å². The van der Waals surface area contributed by atoms with Crippen molar-refractivity contribution < 1.29 is 9.50 Å². The van der Waals surface area contributed by atoms with Crippen LogP contribution in [0.15, 0.2) is 24.4 Å². The molecular weight excluding hydrogens is 231 g/mol. The third-order valence-electron chi connectivity index (χ3n) is 2.88. The molecule has 0 spiro atoms. The van der Waals surface area contributed by atoms with E-state index in [1.165, 1.54) is 6.07 Å². The van der Waals surface area contributed by atoms with Crippen LogP contribution in [0.25, 0.3) is 11.4 Å². The van der Waals surface area contributed by atoms with Gasteiger partial charge in [0, 0.05) is 23.0 Å². The van der Waals surface area contributed by atoms with Gasteiger partial charge in [0.2, 0.25) is 0 Å². The number of hydrogen-bond donors (Lipinski definition) is 1. The quantitative estimate of drug-likeness (QED) is 0.886. The molecule has 0 amide bonds. The molecule has 4 heteroatoms. The Balaban J connectivity index is 2.45. The van der Waals surface area contributed by atoms with E-state index in [0.717, 1.165) is 11.3 Å². The van der Waals surface area contributed by atoms with Gasteiger partial charge in [-0.3, -0.25) is 0 Å². The number of aliphatic hydroxyl groups is 1. The summed E-state index contributed by atoms with van der Waals surface area (Å²) in [4.78, 5) is 8.55. The smallest absolute Gasteiger partial charge is 0.159 e. The van der Waals surface area contributed by atoms with E-state index in [1.807, 2.05) is 6.92 Å². The van der Waals surface area contributed by atoms with Crippen molar-refractivity contribution in [1.29, 1.82) is 0 Å². The maximum Gasteiger partial charge on any atom is 0.159 e. The van der Waals surface area contributed by atoms with Crippen molar-refractivity contribution in [2.45, 2.75) is 26.9 Å². The Morgan fingerprint density at radius 1 is 1.28 bits per heavy atom. The Morgan fingerprint density at radius 3 is 2.56 bits per heavy atom. The first kappa shape index (κ1) is 12.6. The van der Waals surface area contributed by atoms with Crippen molar-refractivity contribution in [1.82, 2.24) is 9.97 Å². The van der Waals surface area contributed by atoms with Crippen LogP contribution in [0.3, 0.4) is 0 Å². The third-order valence-corrected chi connectivity index (χ3v) is 2.88. The van der Waals surface area contributed by atoms with Gasteiger partial charge in [0.15, 0.2) is 5.82 Å². The molecule has 0 aliphatic carbocycles. The lowest BCUT2D eigenvalue weighted by Gasteiger charge is -2.09. The Kier molecular flexibility index (Phi) is 3.39. The molecule has 0 fully saturated rings. The second-order valence-electron chi connectivity index (χ2n) is 4.37. The van der Waals surface area contributed by atoms with Gasteiger partial charge < -0.3 is 5.11 Å². The molecule has 2 rings (SSSR count). The van der Waals surface area contributed by atoms with Crippen molar-refractivity contribution in [3.8, 4) is 11.4 Å². The van der Waals surface area contributed by atoms with Gasteiger partial charge in [-0.05, 0) is 44.5 Å². The Bertz CT molecular complexity index is 582. The van der Waals surface area contributed by atoms with Crippen LogP contribution in [0.1, 0.15) is 29.8 Å². The number of rotatable bonds is 2. The normalized spacial score (nSPS) is 12.5. The summed E-state index contributed by atoms with van der Waals surface area (Å²) in [7, 11) is 0. The van der Waals surface area contributed by atoms with Gasteiger partial charge in [0.25, 0.3) is 0 Å². The van der Waals surface area contributed by atoms with Crippen molar-refractivity contribution in [2.75, 3.05) is 0 Å². The van der Waals surface area contributed by atoms with Crippen molar-refractivity contribution in [3.05, 3.63) is 47.0 Å². The van der Waals surface area contributed by atoms with E-state index in [-0.39, 0.29) is 5.82 Å². The number of nitrogens with zero attached hydrogens (tertiary/aromatic N) is 2. The molecule has 94 valence electrons. The van der Waals surface area contributed by atoms with Crippen molar-refractivity contribution in [3.63, 3.8) is 0 Å².